The van der Waals surface area contributed by atoms with Crippen molar-refractivity contribution in [1.82, 2.24) is 4.98 Å². The molecule has 0 aliphatic heterocycles. The maximum Gasteiger partial charge on any atom is 0.417 e. The molecule has 27 heavy (non-hydrogen) atoms. The van der Waals surface area contributed by atoms with Crippen molar-refractivity contribution in [2.24, 2.45) is 5.14 Å². The van der Waals surface area contributed by atoms with Crippen LogP contribution in [-0.4, -0.2) is 25.9 Å². The van der Waals surface area contributed by atoms with Gasteiger partial charge in [0.25, 0.3) is 0 Å². The van der Waals surface area contributed by atoms with Crippen LogP contribution < -0.4 is 15.8 Å². The largest absolute Gasteiger partial charge is 0.417 e. The van der Waals surface area contributed by atoms with E-state index in [2.05, 4.69) is 15.6 Å². The fraction of sp³-hybridized carbons (Fsp3) is 0.250. The first kappa shape index (κ1) is 20.6. The van der Waals surface area contributed by atoms with Gasteiger partial charge in [-0.05, 0) is 36.8 Å². The Morgan fingerprint density at radius 3 is 2.48 bits per heavy atom. The van der Waals surface area contributed by atoms with E-state index in [0.717, 1.165) is 17.7 Å². The first-order valence-electron chi connectivity index (χ1n) is 7.67. The monoisotopic (exact) mass is 402 g/mol. The van der Waals surface area contributed by atoms with Crippen molar-refractivity contribution in [3.63, 3.8) is 0 Å². The van der Waals surface area contributed by atoms with Gasteiger partial charge in [-0.15, -0.1) is 0 Å². The molecule has 0 spiro atoms. The van der Waals surface area contributed by atoms with E-state index in [-0.39, 0.29) is 24.6 Å². The second-order valence-electron chi connectivity index (χ2n) is 5.70. The summed E-state index contributed by atoms with van der Waals surface area (Å²) in [5.41, 5.74) is -0.433. The number of carbonyl (C=O) groups is 1. The minimum atomic E-state index is -4.89. The van der Waals surface area contributed by atoms with Gasteiger partial charge in [0.1, 0.15) is 5.82 Å². The molecule has 0 fully saturated rings. The second kappa shape index (κ2) is 7.92. The van der Waals surface area contributed by atoms with Crippen molar-refractivity contribution in [3.8, 4) is 0 Å². The number of amides is 1. The van der Waals surface area contributed by atoms with E-state index in [1.54, 1.807) is 18.3 Å². The van der Waals surface area contributed by atoms with Crippen molar-refractivity contribution >= 4 is 27.4 Å². The van der Waals surface area contributed by atoms with Crippen molar-refractivity contribution in [3.05, 3.63) is 47.7 Å². The normalized spacial score (nSPS) is 11.9. The molecule has 0 unspecified atom stereocenters. The topological polar surface area (TPSA) is 114 Å². The summed E-state index contributed by atoms with van der Waals surface area (Å²) in [5.74, 6) is -0.0153. The summed E-state index contributed by atoms with van der Waals surface area (Å²) in [6, 6.07) is 5.96. The molecule has 1 aromatic heterocycles. The van der Waals surface area contributed by atoms with E-state index in [0.29, 0.717) is 11.9 Å². The summed E-state index contributed by atoms with van der Waals surface area (Å²) in [6.07, 6.45) is -3.35. The number of nitrogens with two attached hydrogens (primary N) is 1. The molecule has 0 saturated carbocycles. The zero-order chi connectivity index (χ0) is 20.2. The number of benzene rings is 1. The third kappa shape index (κ3) is 5.93. The van der Waals surface area contributed by atoms with Gasteiger partial charge in [-0.3, -0.25) is 4.79 Å². The van der Waals surface area contributed by atoms with E-state index in [9.17, 15) is 26.4 Å². The fourth-order valence-electron chi connectivity index (χ4n) is 2.18. The molecule has 2 rings (SSSR count). The van der Waals surface area contributed by atoms with Gasteiger partial charge in [-0.1, -0.05) is 6.07 Å². The number of halogens is 3. The summed E-state index contributed by atoms with van der Waals surface area (Å²) in [5, 5.41) is 10.0. The number of anilines is 2. The van der Waals surface area contributed by atoms with E-state index in [1.165, 1.54) is 0 Å². The van der Waals surface area contributed by atoms with Gasteiger partial charge in [0.15, 0.2) is 0 Å². The number of pyridine rings is 1. The van der Waals surface area contributed by atoms with E-state index in [1.807, 2.05) is 6.92 Å². The lowest BCUT2D eigenvalue weighted by molar-refractivity contribution is -0.139. The SMILES string of the molecule is Cc1ccc(NC(=O)CCNc2ccc(S(N)(=O)=O)c(C(F)(F)F)c2)nc1. The van der Waals surface area contributed by atoms with Gasteiger partial charge in [0.2, 0.25) is 15.9 Å². The Morgan fingerprint density at radius 2 is 1.93 bits per heavy atom. The molecule has 1 aromatic carbocycles. The number of aromatic nitrogens is 1. The van der Waals surface area contributed by atoms with Crippen LogP contribution in [0.15, 0.2) is 41.4 Å². The molecule has 0 atom stereocenters. The van der Waals surface area contributed by atoms with Gasteiger partial charge in [0, 0.05) is 24.8 Å². The molecule has 0 aliphatic carbocycles. The molecular weight excluding hydrogens is 385 g/mol. The van der Waals surface area contributed by atoms with Crippen LogP contribution in [-0.2, 0) is 21.0 Å². The van der Waals surface area contributed by atoms with Crippen molar-refractivity contribution in [2.75, 3.05) is 17.2 Å². The van der Waals surface area contributed by atoms with Crippen LogP contribution in [0.1, 0.15) is 17.5 Å². The Bertz CT molecular complexity index is 929. The maximum absolute atomic E-state index is 13.1. The zero-order valence-electron chi connectivity index (χ0n) is 14.2. The minimum Gasteiger partial charge on any atom is -0.385 e. The third-order valence-electron chi connectivity index (χ3n) is 3.45. The summed E-state index contributed by atoms with van der Waals surface area (Å²) >= 11 is 0. The van der Waals surface area contributed by atoms with Gasteiger partial charge < -0.3 is 10.6 Å². The van der Waals surface area contributed by atoms with E-state index < -0.39 is 26.7 Å². The fourth-order valence-corrected chi connectivity index (χ4v) is 2.92. The summed E-state index contributed by atoms with van der Waals surface area (Å²) in [6.45, 7) is 1.88. The van der Waals surface area contributed by atoms with Crippen LogP contribution >= 0.6 is 0 Å². The molecule has 0 radical (unpaired) electrons. The molecular formula is C16H17F3N4O3S. The number of nitrogens with one attached hydrogen (secondary N) is 2. The lowest BCUT2D eigenvalue weighted by Crippen LogP contribution is -2.20. The average molecular weight is 402 g/mol. The Balaban J connectivity index is 2.01. The van der Waals surface area contributed by atoms with Gasteiger partial charge in [0.05, 0.1) is 10.5 Å². The number of aryl methyl sites for hydroxylation is 1. The molecule has 0 bridgehead atoms. The van der Waals surface area contributed by atoms with Crippen LogP contribution in [0.2, 0.25) is 0 Å². The highest BCUT2D eigenvalue weighted by molar-refractivity contribution is 7.89. The number of nitrogens with zero attached hydrogens (tertiary/aromatic N) is 1. The molecule has 11 heteroatoms. The molecule has 4 N–H and O–H groups in total. The zero-order valence-corrected chi connectivity index (χ0v) is 15.0. The molecule has 1 amide bonds. The summed E-state index contributed by atoms with van der Waals surface area (Å²) in [4.78, 5) is 14.8. The van der Waals surface area contributed by atoms with Crippen molar-refractivity contribution in [2.45, 2.75) is 24.4 Å². The van der Waals surface area contributed by atoms with Crippen LogP contribution in [0.5, 0.6) is 0 Å². The number of sulfonamides is 1. The average Bonchev–Trinajstić information content (AvgIpc) is 2.55. The molecule has 7 nitrogen and oxygen atoms in total. The highest BCUT2D eigenvalue weighted by Gasteiger charge is 2.36. The predicted octanol–water partition coefficient (Wildman–Crippen LogP) is 2.50. The maximum atomic E-state index is 13.1. The standard InChI is InChI=1S/C16H17F3N4O3S/c1-10-2-5-14(22-9-10)23-15(24)6-7-21-11-3-4-13(27(20,25)26)12(8-11)16(17,18)19/h2-5,8-9,21H,6-7H2,1H3,(H2,20,25,26)(H,22,23,24). The molecule has 1 heterocycles. The Hall–Kier alpha value is -2.66. The minimum absolute atomic E-state index is 0.0102. The van der Waals surface area contributed by atoms with Crippen LogP contribution in [0.3, 0.4) is 0 Å². The highest BCUT2D eigenvalue weighted by atomic mass is 32.2. The Labute approximate surface area is 153 Å². The molecule has 0 aliphatic rings. The van der Waals surface area contributed by atoms with Crippen LogP contribution in [0.25, 0.3) is 0 Å². The summed E-state index contributed by atoms with van der Waals surface area (Å²) < 4.78 is 61.8. The smallest absolute Gasteiger partial charge is 0.385 e. The third-order valence-corrected chi connectivity index (χ3v) is 4.42. The highest BCUT2D eigenvalue weighted by Crippen LogP contribution is 2.35. The van der Waals surface area contributed by atoms with E-state index >= 15 is 0 Å². The van der Waals surface area contributed by atoms with Crippen molar-refractivity contribution < 1.29 is 26.4 Å². The second-order valence-corrected chi connectivity index (χ2v) is 7.23. The predicted molar refractivity (Wildman–Crippen MR) is 93.5 cm³/mol. The Kier molecular flexibility index (Phi) is 6.06. The summed E-state index contributed by atoms with van der Waals surface area (Å²) in [7, 11) is -4.52. The molecule has 146 valence electrons. The Morgan fingerprint density at radius 1 is 1.22 bits per heavy atom. The van der Waals surface area contributed by atoms with Gasteiger partial charge in [-0.25, -0.2) is 18.5 Å². The molecule has 0 saturated heterocycles. The lowest BCUT2D eigenvalue weighted by Gasteiger charge is -2.14. The lowest BCUT2D eigenvalue weighted by atomic mass is 10.2. The van der Waals surface area contributed by atoms with Crippen molar-refractivity contribution in [1.29, 1.82) is 0 Å². The first-order chi connectivity index (χ1) is 12.5. The number of alkyl halides is 3. The first-order valence-corrected chi connectivity index (χ1v) is 9.22. The van der Waals surface area contributed by atoms with Crippen LogP contribution in [0, 0.1) is 6.92 Å². The van der Waals surface area contributed by atoms with E-state index in [4.69, 9.17) is 5.14 Å². The van der Waals surface area contributed by atoms with Crippen LogP contribution in [0.4, 0.5) is 24.7 Å². The van der Waals surface area contributed by atoms with Gasteiger partial charge in [-0.2, -0.15) is 13.2 Å². The number of hydrogen-bond donors (Lipinski definition) is 3. The number of carbonyl (C=O) groups excluding carboxylic acids is 1. The van der Waals surface area contributed by atoms with Gasteiger partial charge >= 0.3 is 6.18 Å². The quantitative estimate of drug-likeness (QED) is 0.687. The number of primary sulfonamides is 1. The number of hydrogen-bond acceptors (Lipinski definition) is 5. The molecule has 2 aromatic rings. The number of rotatable bonds is 6.